The van der Waals surface area contributed by atoms with Crippen LogP contribution in [0.4, 0.5) is 5.69 Å². The second kappa shape index (κ2) is 7.70. The molecule has 0 N–H and O–H groups in total. The van der Waals surface area contributed by atoms with Crippen LogP contribution in [-0.2, 0) is 4.74 Å². The van der Waals surface area contributed by atoms with Crippen LogP contribution in [0, 0.1) is 11.3 Å². The van der Waals surface area contributed by atoms with Crippen molar-refractivity contribution < 1.29 is 9.53 Å². The number of hydrogen-bond acceptors (Lipinski definition) is 4. The molecule has 0 atom stereocenters. The molecule has 0 bridgehead atoms. The first kappa shape index (κ1) is 14.5. The lowest BCUT2D eigenvalue weighted by atomic mass is 10.2. The molecule has 96 valence electrons. The number of ether oxygens (including phenoxy) is 1. The molecule has 5 heteroatoms. The summed E-state index contributed by atoms with van der Waals surface area (Å²) < 4.78 is 5.03. The lowest BCUT2D eigenvalue weighted by Gasteiger charge is -2.24. The zero-order valence-electron chi connectivity index (χ0n) is 10.2. The largest absolute Gasteiger partial charge is 0.383 e. The van der Waals surface area contributed by atoms with Crippen molar-refractivity contribution in [2.24, 2.45) is 0 Å². The molecule has 1 rings (SSSR count). The summed E-state index contributed by atoms with van der Waals surface area (Å²) in [5.41, 5.74) is 1.35. The molecule has 0 saturated heterocycles. The van der Waals surface area contributed by atoms with Gasteiger partial charge in [-0.3, -0.25) is 4.79 Å². The first-order valence-corrected chi connectivity index (χ1v) is 5.96. The minimum Gasteiger partial charge on any atom is -0.383 e. The van der Waals surface area contributed by atoms with Gasteiger partial charge in [-0.25, -0.2) is 0 Å². The normalized spacial score (nSPS) is 9.83. The monoisotopic (exact) mass is 266 g/mol. The molecule has 0 heterocycles. The quantitative estimate of drug-likeness (QED) is 0.712. The summed E-state index contributed by atoms with van der Waals surface area (Å²) in [7, 11) is 1.62. The molecular weight excluding hydrogens is 252 g/mol. The van der Waals surface area contributed by atoms with Gasteiger partial charge in [0.05, 0.1) is 29.8 Å². The number of benzene rings is 1. The summed E-state index contributed by atoms with van der Waals surface area (Å²) in [4.78, 5) is 12.6. The van der Waals surface area contributed by atoms with Crippen molar-refractivity contribution in [3.05, 3.63) is 28.8 Å². The fraction of sp³-hybridized carbons (Fsp3) is 0.385. The van der Waals surface area contributed by atoms with Crippen LogP contribution in [0.1, 0.15) is 16.8 Å². The Morgan fingerprint density at radius 3 is 2.83 bits per heavy atom. The lowest BCUT2D eigenvalue weighted by molar-refractivity contribution is 0.112. The van der Waals surface area contributed by atoms with E-state index in [0.29, 0.717) is 36.7 Å². The maximum atomic E-state index is 10.6. The minimum atomic E-state index is 0.412. The van der Waals surface area contributed by atoms with E-state index in [9.17, 15) is 4.79 Å². The van der Waals surface area contributed by atoms with Crippen LogP contribution in [0.5, 0.6) is 0 Å². The maximum Gasteiger partial charge on any atom is 0.150 e. The van der Waals surface area contributed by atoms with Crippen LogP contribution in [0.15, 0.2) is 18.2 Å². The maximum absolute atomic E-state index is 10.6. The first-order chi connectivity index (χ1) is 8.72. The molecule has 0 spiro atoms. The molecule has 1 aromatic rings. The van der Waals surface area contributed by atoms with Crippen molar-refractivity contribution in [2.75, 3.05) is 31.7 Å². The Labute approximate surface area is 112 Å². The number of rotatable bonds is 7. The van der Waals surface area contributed by atoms with E-state index in [2.05, 4.69) is 6.07 Å². The van der Waals surface area contributed by atoms with Crippen LogP contribution >= 0.6 is 11.6 Å². The van der Waals surface area contributed by atoms with Gasteiger partial charge in [0.1, 0.15) is 6.29 Å². The zero-order chi connectivity index (χ0) is 13.4. The number of carbonyl (C=O) groups excluding carboxylic acids is 1. The molecule has 0 radical (unpaired) electrons. The van der Waals surface area contributed by atoms with E-state index in [1.165, 1.54) is 0 Å². The molecule has 0 aromatic heterocycles. The summed E-state index contributed by atoms with van der Waals surface area (Å²) >= 11 is 6.14. The first-order valence-electron chi connectivity index (χ1n) is 5.58. The van der Waals surface area contributed by atoms with Crippen LogP contribution in [0.25, 0.3) is 0 Å². The molecule has 0 aliphatic rings. The zero-order valence-corrected chi connectivity index (χ0v) is 11.0. The van der Waals surface area contributed by atoms with Crippen molar-refractivity contribution in [1.29, 1.82) is 5.26 Å². The average molecular weight is 267 g/mol. The number of hydrogen-bond donors (Lipinski definition) is 0. The Kier molecular flexibility index (Phi) is 6.20. The fourth-order valence-electron chi connectivity index (χ4n) is 1.59. The standard InChI is InChI=1S/C13H15ClN2O2/c1-18-8-7-16(6-2-5-15)13-4-3-11(10-17)9-12(13)14/h3-4,9-10H,2,6-8H2,1H3. The molecule has 4 nitrogen and oxygen atoms in total. The number of carbonyl (C=O) groups is 1. The fourth-order valence-corrected chi connectivity index (χ4v) is 1.90. The molecule has 0 saturated carbocycles. The third-order valence-corrected chi connectivity index (χ3v) is 2.81. The number of anilines is 1. The van der Waals surface area contributed by atoms with E-state index >= 15 is 0 Å². The number of aldehydes is 1. The van der Waals surface area contributed by atoms with Gasteiger partial charge in [-0.15, -0.1) is 0 Å². The molecule has 18 heavy (non-hydrogen) atoms. The van der Waals surface area contributed by atoms with E-state index < -0.39 is 0 Å². The highest BCUT2D eigenvalue weighted by atomic mass is 35.5. The van der Waals surface area contributed by atoms with Crippen molar-refractivity contribution in [2.45, 2.75) is 6.42 Å². The van der Waals surface area contributed by atoms with E-state index in [0.717, 1.165) is 12.0 Å². The van der Waals surface area contributed by atoms with Crippen LogP contribution in [0.2, 0.25) is 5.02 Å². The average Bonchev–Trinajstić information content (AvgIpc) is 2.39. The van der Waals surface area contributed by atoms with Gasteiger partial charge in [0, 0.05) is 25.8 Å². The number of nitriles is 1. The Morgan fingerprint density at radius 2 is 2.28 bits per heavy atom. The Morgan fingerprint density at radius 1 is 1.50 bits per heavy atom. The molecule has 0 fully saturated rings. The van der Waals surface area contributed by atoms with Crippen molar-refractivity contribution in [1.82, 2.24) is 0 Å². The summed E-state index contributed by atoms with van der Waals surface area (Å²) in [5.74, 6) is 0. The highest BCUT2D eigenvalue weighted by Gasteiger charge is 2.10. The third-order valence-electron chi connectivity index (χ3n) is 2.51. The molecule has 1 aromatic carbocycles. The summed E-state index contributed by atoms with van der Waals surface area (Å²) in [5, 5.41) is 9.16. The Hall–Kier alpha value is -1.57. The Bertz CT molecular complexity index is 443. The highest BCUT2D eigenvalue weighted by Crippen LogP contribution is 2.26. The molecule has 0 unspecified atom stereocenters. The predicted octanol–water partition coefficient (Wildman–Crippen LogP) is 2.52. The molecule has 0 aliphatic carbocycles. The second-order valence-corrected chi connectivity index (χ2v) is 4.12. The van der Waals surface area contributed by atoms with Crippen molar-refractivity contribution >= 4 is 23.6 Å². The van der Waals surface area contributed by atoms with E-state index in [4.69, 9.17) is 21.6 Å². The third kappa shape index (κ3) is 4.02. The number of halogens is 1. The summed E-state index contributed by atoms with van der Waals surface area (Å²) in [6.45, 7) is 1.79. The van der Waals surface area contributed by atoms with Gasteiger partial charge in [0.2, 0.25) is 0 Å². The topological polar surface area (TPSA) is 53.3 Å². The highest BCUT2D eigenvalue weighted by molar-refractivity contribution is 6.33. The van der Waals surface area contributed by atoms with E-state index in [-0.39, 0.29) is 0 Å². The predicted molar refractivity (Wildman–Crippen MR) is 71.2 cm³/mol. The van der Waals surface area contributed by atoms with Crippen LogP contribution in [0.3, 0.4) is 0 Å². The minimum absolute atomic E-state index is 0.412. The molecular formula is C13H15ClN2O2. The van der Waals surface area contributed by atoms with Crippen molar-refractivity contribution in [3.63, 3.8) is 0 Å². The lowest BCUT2D eigenvalue weighted by Crippen LogP contribution is -2.28. The molecule has 0 amide bonds. The van der Waals surface area contributed by atoms with Gasteiger partial charge in [-0.2, -0.15) is 5.26 Å². The SMILES string of the molecule is COCCN(CCC#N)c1ccc(C=O)cc1Cl. The smallest absolute Gasteiger partial charge is 0.150 e. The second-order valence-electron chi connectivity index (χ2n) is 3.72. The van der Waals surface area contributed by atoms with Gasteiger partial charge >= 0.3 is 0 Å². The van der Waals surface area contributed by atoms with Gasteiger partial charge in [0.25, 0.3) is 0 Å². The van der Waals surface area contributed by atoms with Gasteiger partial charge in [0.15, 0.2) is 0 Å². The number of methoxy groups -OCH3 is 1. The number of nitrogens with zero attached hydrogens (tertiary/aromatic N) is 2. The van der Waals surface area contributed by atoms with Crippen molar-refractivity contribution in [3.8, 4) is 6.07 Å². The van der Waals surface area contributed by atoms with Crippen LogP contribution in [-0.4, -0.2) is 33.1 Å². The van der Waals surface area contributed by atoms with Gasteiger partial charge in [-0.05, 0) is 18.2 Å². The summed E-state index contributed by atoms with van der Waals surface area (Å²) in [6.07, 6.45) is 1.17. The summed E-state index contributed by atoms with van der Waals surface area (Å²) in [6, 6.07) is 7.23. The van der Waals surface area contributed by atoms with Crippen LogP contribution < -0.4 is 4.90 Å². The van der Waals surface area contributed by atoms with E-state index in [1.807, 2.05) is 4.90 Å². The molecule has 0 aliphatic heterocycles. The van der Waals surface area contributed by atoms with Gasteiger partial charge < -0.3 is 9.64 Å². The Balaban J connectivity index is 2.89. The van der Waals surface area contributed by atoms with Gasteiger partial charge in [-0.1, -0.05) is 11.6 Å². The van der Waals surface area contributed by atoms with E-state index in [1.54, 1.807) is 25.3 Å².